The predicted molar refractivity (Wildman–Crippen MR) is 96.0 cm³/mol. The van der Waals surface area contributed by atoms with Crippen LogP contribution in [-0.4, -0.2) is 64.7 Å². The van der Waals surface area contributed by atoms with E-state index in [9.17, 15) is 20.4 Å². The van der Waals surface area contributed by atoms with Crippen molar-refractivity contribution < 1.29 is 29.9 Å². The highest BCUT2D eigenvalue weighted by Crippen LogP contribution is 2.36. The Kier molecular flexibility index (Phi) is 6.56. The zero-order valence-electron chi connectivity index (χ0n) is 14.8. The van der Waals surface area contributed by atoms with Crippen LogP contribution in [0.2, 0.25) is 5.02 Å². The summed E-state index contributed by atoms with van der Waals surface area (Å²) in [7, 11) is 1.74. The number of rotatable bonds is 5. The molecule has 1 saturated carbocycles. The summed E-state index contributed by atoms with van der Waals surface area (Å²) in [6, 6.07) is 5.39. The molecule has 1 aliphatic heterocycles. The fraction of sp³-hybridized carbons (Fsp3) is 0.684. The van der Waals surface area contributed by atoms with Crippen molar-refractivity contribution in [2.24, 2.45) is 5.92 Å². The minimum atomic E-state index is -1.39. The minimum Gasteiger partial charge on any atom is -0.394 e. The molecule has 4 N–H and O–H groups in total. The Morgan fingerprint density at radius 3 is 2.58 bits per heavy atom. The van der Waals surface area contributed by atoms with E-state index in [2.05, 4.69) is 0 Å². The van der Waals surface area contributed by atoms with E-state index in [0.717, 1.165) is 31.2 Å². The van der Waals surface area contributed by atoms with Crippen LogP contribution in [-0.2, 0) is 15.9 Å². The highest BCUT2D eigenvalue weighted by atomic mass is 35.5. The lowest BCUT2D eigenvalue weighted by Crippen LogP contribution is -2.55. The molecular formula is C19H27ClO6. The fourth-order valence-electron chi connectivity index (χ4n) is 4.04. The Morgan fingerprint density at radius 1 is 1.15 bits per heavy atom. The summed E-state index contributed by atoms with van der Waals surface area (Å²) in [5, 5.41) is 40.3. The van der Waals surface area contributed by atoms with Gasteiger partial charge in [-0.2, -0.15) is 0 Å². The third-order valence-electron chi connectivity index (χ3n) is 5.63. The summed E-state index contributed by atoms with van der Waals surface area (Å²) in [5.74, 6) is 0.488. The van der Waals surface area contributed by atoms with E-state index in [0.29, 0.717) is 22.6 Å². The number of methoxy groups -OCH3 is 1. The number of benzene rings is 1. The SMILES string of the molecule is COC1CCC(Cc2cc([C@@H]3O[C@H](CO)[C@@H](O)[C@H](O)[C@H]3O)ccc2Cl)C1. The van der Waals surface area contributed by atoms with Crippen LogP contribution < -0.4 is 0 Å². The van der Waals surface area contributed by atoms with E-state index in [1.807, 2.05) is 6.07 Å². The summed E-state index contributed by atoms with van der Waals surface area (Å²) in [4.78, 5) is 0. The minimum absolute atomic E-state index is 0.299. The summed E-state index contributed by atoms with van der Waals surface area (Å²) >= 11 is 6.36. The molecule has 0 bridgehead atoms. The summed E-state index contributed by atoms with van der Waals surface area (Å²) in [5.41, 5.74) is 1.63. The van der Waals surface area contributed by atoms with Gasteiger partial charge in [0, 0.05) is 12.1 Å². The molecule has 146 valence electrons. The molecule has 1 aromatic carbocycles. The van der Waals surface area contributed by atoms with Crippen LogP contribution in [0.15, 0.2) is 18.2 Å². The monoisotopic (exact) mass is 386 g/mol. The molecule has 26 heavy (non-hydrogen) atoms. The van der Waals surface area contributed by atoms with E-state index in [1.165, 1.54) is 0 Å². The Hall–Kier alpha value is -0.730. The van der Waals surface area contributed by atoms with Gasteiger partial charge in [0.05, 0.1) is 12.7 Å². The van der Waals surface area contributed by atoms with Gasteiger partial charge in [-0.15, -0.1) is 0 Å². The molecule has 0 aromatic heterocycles. The second kappa shape index (κ2) is 8.52. The summed E-state index contributed by atoms with van der Waals surface area (Å²) in [6.45, 7) is -0.442. The van der Waals surface area contributed by atoms with Crippen molar-refractivity contribution in [1.29, 1.82) is 0 Å². The maximum absolute atomic E-state index is 10.3. The molecule has 0 spiro atoms. The van der Waals surface area contributed by atoms with Gasteiger partial charge in [0.15, 0.2) is 0 Å². The molecular weight excluding hydrogens is 360 g/mol. The van der Waals surface area contributed by atoms with Crippen LogP contribution in [0.25, 0.3) is 0 Å². The van der Waals surface area contributed by atoms with Crippen LogP contribution in [0.4, 0.5) is 0 Å². The molecule has 1 heterocycles. The van der Waals surface area contributed by atoms with Gasteiger partial charge in [-0.1, -0.05) is 23.7 Å². The molecule has 2 fully saturated rings. The van der Waals surface area contributed by atoms with Crippen LogP contribution in [0.1, 0.15) is 36.5 Å². The van der Waals surface area contributed by atoms with Gasteiger partial charge >= 0.3 is 0 Å². The maximum Gasteiger partial charge on any atom is 0.113 e. The number of halogens is 1. The van der Waals surface area contributed by atoms with E-state index < -0.39 is 37.1 Å². The second-order valence-corrected chi connectivity index (χ2v) is 7.75. The number of hydrogen-bond acceptors (Lipinski definition) is 6. The highest BCUT2D eigenvalue weighted by Gasteiger charge is 2.44. The normalized spacial score (nSPS) is 37.8. The van der Waals surface area contributed by atoms with Gasteiger partial charge in [0.25, 0.3) is 0 Å². The van der Waals surface area contributed by atoms with E-state index in [-0.39, 0.29) is 0 Å². The smallest absolute Gasteiger partial charge is 0.113 e. The quantitative estimate of drug-likeness (QED) is 0.607. The van der Waals surface area contributed by atoms with Crippen LogP contribution in [0.3, 0.4) is 0 Å². The lowest BCUT2D eigenvalue weighted by atomic mass is 9.89. The van der Waals surface area contributed by atoms with Crippen LogP contribution >= 0.6 is 11.6 Å². The zero-order valence-corrected chi connectivity index (χ0v) is 15.5. The topological polar surface area (TPSA) is 99.4 Å². The highest BCUT2D eigenvalue weighted by molar-refractivity contribution is 6.31. The number of hydrogen-bond donors (Lipinski definition) is 4. The third-order valence-corrected chi connectivity index (χ3v) is 5.99. The fourth-order valence-corrected chi connectivity index (χ4v) is 4.24. The molecule has 3 rings (SSSR count). The van der Waals surface area contributed by atoms with Crippen molar-refractivity contribution >= 4 is 11.6 Å². The maximum atomic E-state index is 10.3. The summed E-state index contributed by atoms with van der Waals surface area (Å²) < 4.78 is 11.1. The predicted octanol–water partition coefficient (Wildman–Crippen LogP) is 1.21. The largest absolute Gasteiger partial charge is 0.394 e. The number of aliphatic hydroxyl groups excluding tert-OH is 4. The Labute approximate surface area is 158 Å². The van der Waals surface area contributed by atoms with Crippen molar-refractivity contribution in [2.45, 2.75) is 62.3 Å². The first-order chi connectivity index (χ1) is 12.4. The molecule has 7 atom stereocenters. The molecule has 0 radical (unpaired) electrons. The molecule has 7 heteroatoms. The average molecular weight is 387 g/mol. The van der Waals surface area contributed by atoms with Crippen LogP contribution in [0.5, 0.6) is 0 Å². The number of ether oxygens (including phenoxy) is 2. The van der Waals surface area contributed by atoms with Gasteiger partial charge in [0.2, 0.25) is 0 Å². The first kappa shape index (κ1) is 20.0. The average Bonchev–Trinajstić information content (AvgIpc) is 3.10. The third kappa shape index (κ3) is 4.07. The Balaban J connectivity index is 1.78. The van der Waals surface area contributed by atoms with Crippen LogP contribution in [0, 0.1) is 5.92 Å². The molecule has 1 aromatic rings. The Morgan fingerprint density at radius 2 is 1.92 bits per heavy atom. The number of aliphatic hydroxyl groups is 4. The standard InChI is InChI=1S/C19H27ClO6/c1-25-13-4-2-10(7-13)6-12-8-11(3-5-14(12)20)19-18(24)17(23)16(22)15(9-21)26-19/h3,5,8,10,13,15-19,21-24H,2,4,6-7,9H2,1H3/t10?,13?,15-,16-,17+,18-,19+/m1/s1. The van der Waals surface area contributed by atoms with Crippen molar-refractivity contribution in [2.75, 3.05) is 13.7 Å². The first-order valence-electron chi connectivity index (χ1n) is 9.06. The van der Waals surface area contributed by atoms with Gasteiger partial charge in [-0.05, 0) is 48.8 Å². The Bertz CT molecular complexity index is 610. The molecule has 2 unspecified atom stereocenters. The van der Waals surface area contributed by atoms with E-state index in [4.69, 9.17) is 21.1 Å². The van der Waals surface area contributed by atoms with Gasteiger partial charge < -0.3 is 29.9 Å². The lowest BCUT2D eigenvalue weighted by Gasteiger charge is -2.40. The van der Waals surface area contributed by atoms with Crippen molar-refractivity contribution in [3.63, 3.8) is 0 Å². The van der Waals surface area contributed by atoms with E-state index >= 15 is 0 Å². The molecule has 2 aliphatic rings. The lowest BCUT2D eigenvalue weighted by molar-refractivity contribution is -0.231. The first-order valence-corrected chi connectivity index (χ1v) is 9.44. The summed E-state index contributed by atoms with van der Waals surface area (Å²) in [6.07, 6.45) is -1.55. The van der Waals surface area contributed by atoms with Gasteiger partial charge in [-0.25, -0.2) is 0 Å². The molecule has 6 nitrogen and oxygen atoms in total. The van der Waals surface area contributed by atoms with Crippen molar-refractivity contribution in [3.8, 4) is 0 Å². The zero-order chi connectivity index (χ0) is 18.8. The molecule has 0 amide bonds. The van der Waals surface area contributed by atoms with Crippen molar-refractivity contribution in [1.82, 2.24) is 0 Å². The molecule has 1 aliphatic carbocycles. The second-order valence-electron chi connectivity index (χ2n) is 7.34. The van der Waals surface area contributed by atoms with E-state index in [1.54, 1.807) is 19.2 Å². The van der Waals surface area contributed by atoms with Gasteiger partial charge in [0.1, 0.15) is 30.5 Å². The molecule has 1 saturated heterocycles. The van der Waals surface area contributed by atoms with Gasteiger partial charge in [-0.3, -0.25) is 0 Å². The van der Waals surface area contributed by atoms with Crippen molar-refractivity contribution in [3.05, 3.63) is 34.3 Å².